The maximum absolute atomic E-state index is 13.1. The highest BCUT2D eigenvalue weighted by atomic mass is 79.9. The predicted octanol–water partition coefficient (Wildman–Crippen LogP) is 6.32. The van der Waals surface area contributed by atoms with Crippen LogP contribution in [-0.4, -0.2) is 34.6 Å². The molecule has 8 heteroatoms. The molecule has 2 aromatic carbocycles. The molecule has 0 fully saturated rings. The molecule has 0 saturated heterocycles. The number of hydrogen-bond acceptors (Lipinski definition) is 3. The molecule has 0 radical (unpaired) electrons. The topological polar surface area (TPSA) is 49.4 Å². The smallest absolute Gasteiger partial charge is 0.242 e. The van der Waals surface area contributed by atoms with E-state index in [1.807, 2.05) is 38.1 Å². The van der Waals surface area contributed by atoms with Gasteiger partial charge < -0.3 is 10.2 Å². The SMILES string of the molecule is CC[C@@H](C)NC(=O)[C@H](C)N(Cc1ccc(Cl)cc1Cl)C(=O)CSCc1ccc(Br)cc1. The van der Waals surface area contributed by atoms with Crippen LogP contribution in [0.1, 0.15) is 38.3 Å². The monoisotopic (exact) mass is 544 g/mol. The minimum Gasteiger partial charge on any atom is -0.352 e. The highest BCUT2D eigenvalue weighted by Crippen LogP contribution is 2.24. The number of amides is 2. The van der Waals surface area contributed by atoms with Gasteiger partial charge in [-0.15, -0.1) is 11.8 Å². The molecule has 0 aliphatic carbocycles. The van der Waals surface area contributed by atoms with Crippen molar-refractivity contribution in [1.82, 2.24) is 10.2 Å². The Morgan fingerprint density at radius 3 is 2.42 bits per heavy atom. The molecule has 2 amide bonds. The lowest BCUT2D eigenvalue weighted by molar-refractivity contribution is -0.138. The number of hydrogen-bond donors (Lipinski definition) is 1. The van der Waals surface area contributed by atoms with Gasteiger partial charge in [0, 0.05) is 32.9 Å². The highest BCUT2D eigenvalue weighted by Gasteiger charge is 2.27. The van der Waals surface area contributed by atoms with Crippen LogP contribution in [0.15, 0.2) is 46.9 Å². The van der Waals surface area contributed by atoms with E-state index in [0.29, 0.717) is 15.8 Å². The van der Waals surface area contributed by atoms with Gasteiger partial charge in [0.25, 0.3) is 0 Å². The van der Waals surface area contributed by atoms with E-state index in [4.69, 9.17) is 23.2 Å². The first kappa shape index (κ1) is 26.0. The van der Waals surface area contributed by atoms with Crippen molar-refractivity contribution in [2.24, 2.45) is 0 Å². The Bertz CT molecular complexity index is 896. The lowest BCUT2D eigenvalue weighted by Crippen LogP contribution is -2.50. The Morgan fingerprint density at radius 2 is 1.81 bits per heavy atom. The minimum absolute atomic E-state index is 0.0396. The average molecular weight is 546 g/mol. The molecule has 0 bridgehead atoms. The first-order valence-electron chi connectivity index (χ1n) is 10.1. The normalized spacial score (nSPS) is 12.8. The van der Waals surface area contributed by atoms with Crippen molar-refractivity contribution in [2.45, 2.75) is 51.6 Å². The molecule has 1 N–H and O–H groups in total. The lowest BCUT2D eigenvalue weighted by Gasteiger charge is -2.30. The number of rotatable bonds is 10. The first-order chi connectivity index (χ1) is 14.7. The Balaban J connectivity index is 2.11. The standard InChI is InChI=1S/C23H27BrCl2N2O2S/c1-4-15(2)27-23(30)16(3)28(12-18-7-10-20(25)11-21(18)26)22(29)14-31-13-17-5-8-19(24)9-6-17/h5-11,15-16H,4,12-14H2,1-3H3,(H,27,30)/t15-,16+/m1/s1. The minimum atomic E-state index is -0.624. The van der Waals surface area contributed by atoms with Gasteiger partial charge in [0.05, 0.1) is 5.75 Å². The number of benzene rings is 2. The molecule has 0 aliphatic rings. The van der Waals surface area contributed by atoms with Gasteiger partial charge in [-0.25, -0.2) is 0 Å². The number of nitrogens with zero attached hydrogens (tertiary/aromatic N) is 1. The fourth-order valence-electron chi connectivity index (χ4n) is 2.80. The fourth-order valence-corrected chi connectivity index (χ4v) is 4.40. The zero-order valence-corrected chi connectivity index (χ0v) is 21.7. The van der Waals surface area contributed by atoms with E-state index < -0.39 is 6.04 Å². The van der Waals surface area contributed by atoms with Crippen molar-refractivity contribution in [3.63, 3.8) is 0 Å². The largest absolute Gasteiger partial charge is 0.352 e. The van der Waals surface area contributed by atoms with E-state index >= 15 is 0 Å². The molecule has 0 heterocycles. The average Bonchev–Trinajstić information content (AvgIpc) is 2.73. The third-order valence-corrected chi connectivity index (χ3v) is 7.04. The van der Waals surface area contributed by atoms with E-state index in [9.17, 15) is 9.59 Å². The maximum atomic E-state index is 13.1. The van der Waals surface area contributed by atoms with Crippen LogP contribution in [0.25, 0.3) is 0 Å². The zero-order chi connectivity index (χ0) is 23.0. The van der Waals surface area contributed by atoms with Crippen LogP contribution in [0.3, 0.4) is 0 Å². The molecule has 0 spiro atoms. The number of carbonyl (C=O) groups is 2. The second kappa shape index (κ2) is 12.7. The molecular formula is C23H27BrCl2N2O2S. The number of thioether (sulfide) groups is 1. The summed E-state index contributed by atoms with van der Waals surface area (Å²) in [6, 6.07) is 12.6. The predicted molar refractivity (Wildman–Crippen MR) is 135 cm³/mol. The van der Waals surface area contributed by atoms with Crippen LogP contribution >= 0.6 is 50.9 Å². The summed E-state index contributed by atoms with van der Waals surface area (Å²) in [5.74, 6) is 0.690. The lowest BCUT2D eigenvalue weighted by atomic mass is 10.1. The third-order valence-electron chi connectivity index (χ3n) is 4.93. The molecule has 2 rings (SSSR count). The van der Waals surface area contributed by atoms with E-state index in [1.165, 1.54) is 11.8 Å². The van der Waals surface area contributed by atoms with Crippen LogP contribution in [0, 0.1) is 0 Å². The highest BCUT2D eigenvalue weighted by molar-refractivity contribution is 9.10. The first-order valence-corrected chi connectivity index (χ1v) is 12.8. The van der Waals surface area contributed by atoms with Crippen LogP contribution in [-0.2, 0) is 21.9 Å². The van der Waals surface area contributed by atoms with Crippen LogP contribution in [0.5, 0.6) is 0 Å². The second-order valence-corrected chi connectivity index (χ2v) is 10.1. The van der Waals surface area contributed by atoms with Crippen molar-refractivity contribution in [3.8, 4) is 0 Å². The number of halogens is 3. The van der Waals surface area contributed by atoms with Crippen molar-refractivity contribution < 1.29 is 9.59 Å². The summed E-state index contributed by atoms with van der Waals surface area (Å²) >= 11 is 17.3. The van der Waals surface area contributed by atoms with Gasteiger partial charge in [-0.05, 0) is 55.7 Å². The van der Waals surface area contributed by atoms with Crippen LogP contribution in [0.4, 0.5) is 0 Å². The molecule has 2 aromatic rings. The van der Waals surface area contributed by atoms with E-state index in [0.717, 1.165) is 22.0 Å². The van der Waals surface area contributed by atoms with E-state index in [2.05, 4.69) is 21.2 Å². The van der Waals surface area contributed by atoms with Crippen molar-refractivity contribution in [3.05, 3.63) is 68.1 Å². The summed E-state index contributed by atoms with van der Waals surface area (Å²) in [5.41, 5.74) is 1.89. The summed E-state index contributed by atoms with van der Waals surface area (Å²) in [6.45, 7) is 5.94. The Morgan fingerprint density at radius 1 is 1.13 bits per heavy atom. The van der Waals surface area contributed by atoms with Crippen LogP contribution in [0.2, 0.25) is 10.0 Å². The summed E-state index contributed by atoms with van der Waals surface area (Å²) in [5, 5.41) is 3.96. The van der Waals surface area contributed by atoms with Gasteiger partial charge in [0.2, 0.25) is 11.8 Å². The van der Waals surface area contributed by atoms with Crippen molar-refractivity contribution in [1.29, 1.82) is 0 Å². The van der Waals surface area contributed by atoms with Gasteiger partial charge >= 0.3 is 0 Å². The number of carbonyl (C=O) groups excluding carboxylic acids is 2. The molecule has 0 unspecified atom stereocenters. The fraction of sp³-hybridized carbons (Fsp3) is 0.391. The molecule has 0 saturated carbocycles. The van der Waals surface area contributed by atoms with Gasteiger partial charge in [-0.3, -0.25) is 9.59 Å². The van der Waals surface area contributed by atoms with Crippen LogP contribution < -0.4 is 5.32 Å². The molecule has 168 valence electrons. The van der Waals surface area contributed by atoms with Crippen molar-refractivity contribution >= 4 is 62.7 Å². The molecular weight excluding hydrogens is 519 g/mol. The maximum Gasteiger partial charge on any atom is 0.242 e. The molecule has 2 atom stereocenters. The second-order valence-electron chi connectivity index (χ2n) is 7.37. The van der Waals surface area contributed by atoms with E-state index in [-0.39, 0.29) is 30.2 Å². The van der Waals surface area contributed by atoms with Gasteiger partial charge in [0.15, 0.2) is 0 Å². The van der Waals surface area contributed by atoms with Gasteiger partial charge in [-0.1, -0.05) is 64.3 Å². The summed E-state index contributed by atoms with van der Waals surface area (Å²) in [7, 11) is 0. The summed E-state index contributed by atoms with van der Waals surface area (Å²) in [6.07, 6.45) is 0.818. The zero-order valence-electron chi connectivity index (χ0n) is 17.8. The van der Waals surface area contributed by atoms with Crippen molar-refractivity contribution in [2.75, 3.05) is 5.75 Å². The summed E-state index contributed by atoms with van der Waals surface area (Å²) in [4.78, 5) is 27.4. The molecule has 0 aromatic heterocycles. The Hall–Kier alpha value is -1.21. The third kappa shape index (κ3) is 8.33. The summed E-state index contributed by atoms with van der Waals surface area (Å²) < 4.78 is 1.02. The Kier molecular flexibility index (Phi) is 10.7. The molecule has 4 nitrogen and oxygen atoms in total. The molecule has 0 aliphatic heterocycles. The molecule has 31 heavy (non-hydrogen) atoms. The Labute approximate surface area is 207 Å². The quantitative estimate of drug-likeness (QED) is 0.380. The van der Waals surface area contributed by atoms with Gasteiger partial charge in [0.1, 0.15) is 6.04 Å². The number of nitrogens with one attached hydrogen (secondary N) is 1. The van der Waals surface area contributed by atoms with Gasteiger partial charge in [-0.2, -0.15) is 0 Å². The van der Waals surface area contributed by atoms with E-state index in [1.54, 1.807) is 30.0 Å².